The third-order valence-corrected chi connectivity index (χ3v) is 1.92. The van der Waals surface area contributed by atoms with Crippen molar-refractivity contribution >= 4 is 11.6 Å². The molecule has 0 aliphatic carbocycles. The van der Waals surface area contributed by atoms with E-state index in [9.17, 15) is 22.4 Å². The summed E-state index contributed by atoms with van der Waals surface area (Å²) in [5.74, 6) is -6.30. The van der Waals surface area contributed by atoms with E-state index in [4.69, 9.17) is 4.74 Å². The number of rotatable bonds is 4. The number of carbonyl (C=O) groups is 1. The monoisotopic (exact) mass is 251 g/mol. The van der Waals surface area contributed by atoms with Gasteiger partial charge in [0.05, 0.1) is 7.11 Å². The first-order valence-corrected chi connectivity index (χ1v) is 4.49. The molecule has 1 amide bonds. The molecule has 1 rings (SSSR count). The lowest BCUT2D eigenvalue weighted by Gasteiger charge is -2.14. The standard InChI is InChI=1S/C10H9F4NO2/c1-17-7-4-2-6(3-5-7)15-9(16)10(13,14)8(11)12/h2-5,8H,1H3,(H,15,16). The van der Waals surface area contributed by atoms with Crippen molar-refractivity contribution in [1.82, 2.24) is 0 Å². The van der Waals surface area contributed by atoms with Crippen LogP contribution in [0.4, 0.5) is 23.2 Å². The number of nitrogens with one attached hydrogen (secondary N) is 1. The molecule has 0 saturated carbocycles. The molecule has 17 heavy (non-hydrogen) atoms. The zero-order valence-electron chi connectivity index (χ0n) is 8.72. The van der Waals surface area contributed by atoms with Crippen molar-refractivity contribution in [3.63, 3.8) is 0 Å². The minimum atomic E-state index is -4.71. The zero-order valence-corrected chi connectivity index (χ0v) is 8.72. The van der Waals surface area contributed by atoms with E-state index in [1.807, 2.05) is 0 Å². The first-order chi connectivity index (χ1) is 7.87. The summed E-state index contributed by atoms with van der Waals surface area (Å²) in [7, 11) is 1.40. The van der Waals surface area contributed by atoms with Gasteiger partial charge in [-0.15, -0.1) is 0 Å². The Bertz CT molecular complexity index is 392. The Labute approximate surface area is 94.4 Å². The molecule has 7 heteroatoms. The number of anilines is 1. The summed E-state index contributed by atoms with van der Waals surface area (Å²) < 4.78 is 53.7. The Morgan fingerprint density at radius 1 is 1.29 bits per heavy atom. The maximum atomic E-state index is 12.6. The van der Waals surface area contributed by atoms with Crippen molar-refractivity contribution in [2.45, 2.75) is 12.3 Å². The van der Waals surface area contributed by atoms with Gasteiger partial charge < -0.3 is 10.1 Å². The Balaban J connectivity index is 2.74. The van der Waals surface area contributed by atoms with E-state index in [1.165, 1.54) is 31.4 Å². The molecule has 0 fully saturated rings. The smallest absolute Gasteiger partial charge is 0.383 e. The Kier molecular flexibility index (Phi) is 3.93. The molecule has 0 bridgehead atoms. The number of carbonyl (C=O) groups excluding carboxylic acids is 1. The fourth-order valence-corrected chi connectivity index (χ4v) is 0.988. The maximum Gasteiger partial charge on any atom is 0.383 e. The zero-order chi connectivity index (χ0) is 13.1. The summed E-state index contributed by atoms with van der Waals surface area (Å²) in [5, 5.41) is 1.69. The lowest BCUT2D eigenvalue weighted by molar-refractivity contribution is -0.163. The molecule has 0 radical (unpaired) electrons. The van der Waals surface area contributed by atoms with Gasteiger partial charge in [-0.3, -0.25) is 4.79 Å². The topological polar surface area (TPSA) is 38.3 Å². The number of amides is 1. The van der Waals surface area contributed by atoms with Crippen LogP contribution in [0.25, 0.3) is 0 Å². The minimum absolute atomic E-state index is 0.0175. The Hall–Kier alpha value is -1.79. The number of hydrogen-bond acceptors (Lipinski definition) is 2. The van der Waals surface area contributed by atoms with Crippen molar-refractivity contribution < 1.29 is 27.1 Å². The van der Waals surface area contributed by atoms with Gasteiger partial charge in [-0.2, -0.15) is 8.78 Å². The normalized spacial score (nSPS) is 11.4. The van der Waals surface area contributed by atoms with Crippen LogP contribution in [0.3, 0.4) is 0 Å². The quantitative estimate of drug-likeness (QED) is 0.835. The van der Waals surface area contributed by atoms with Crippen molar-refractivity contribution in [3.8, 4) is 5.75 Å². The lowest BCUT2D eigenvalue weighted by Crippen LogP contribution is -2.40. The van der Waals surface area contributed by atoms with E-state index in [-0.39, 0.29) is 5.69 Å². The summed E-state index contributed by atoms with van der Waals surface area (Å²) in [6.07, 6.45) is -4.04. The summed E-state index contributed by atoms with van der Waals surface area (Å²) in [4.78, 5) is 10.9. The maximum absolute atomic E-state index is 12.6. The van der Waals surface area contributed by atoms with Crippen molar-refractivity contribution in [2.75, 3.05) is 12.4 Å². The minimum Gasteiger partial charge on any atom is -0.497 e. The van der Waals surface area contributed by atoms with Gasteiger partial charge in [0.25, 0.3) is 0 Å². The molecule has 0 saturated heterocycles. The van der Waals surface area contributed by atoms with Crippen LogP contribution in [0, 0.1) is 0 Å². The number of hydrogen-bond donors (Lipinski definition) is 1. The van der Waals surface area contributed by atoms with Gasteiger partial charge in [0.2, 0.25) is 0 Å². The third-order valence-electron chi connectivity index (χ3n) is 1.92. The molecule has 0 unspecified atom stereocenters. The predicted octanol–water partition coefficient (Wildman–Crippen LogP) is 2.53. The SMILES string of the molecule is COc1ccc(NC(=O)C(F)(F)C(F)F)cc1. The number of alkyl halides is 4. The van der Waals surface area contributed by atoms with Gasteiger partial charge in [0.1, 0.15) is 5.75 Å². The van der Waals surface area contributed by atoms with E-state index >= 15 is 0 Å². The van der Waals surface area contributed by atoms with E-state index in [1.54, 1.807) is 5.32 Å². The molecule has 1 N–H and O–H groups in total. The van der Waals surface area contributed by atoms with Crippen molar-refractivity contribution in [3.05, 3.63) is 24.3 Å². The van der Waals surface area contributed by atoms with Crippen LogP contribution in [-0.2, 0) is 4.79 Å². The fourth-order valence-electron chi connectivity index (χ4n) is 0.988. The average Bonchev–Trinajstić information content (AvgIpc) is 2.29. The molecular weight excluding hydrogens is 242 g/mol. The van der Waals surface area contributed by atoms with Crippen molar-refractivity contribution in [2.24, 2.45) is 0 Å². The Morgan fingerprint density at radius 2 is 1.82 bits per heavy atom. The van der Waals surface area contributed by atoms with E-state index in [0.29, 0.717) is 5.75 Å². The molecule has 0 heterocycles. The van der Waals surface area contributed by atoms with Crippen LogP contribution >= 0.6 is 0 Å². The number of methoxy groups -OCH3 is 1. The van der Waals surface area contributed by atoms with Crippen LogP contribution in [-0.4, -0.2) is 25.4 Å². The fraction of sp³-hybridized carbons (Fsp3) is 0.300. The first kappa shape index (κ1) is 13.3. The van der Waals surface area contributed by atoms with Gasteiger partial charge in [-0.05, 0) is 24.3 Å². The molecule has 0 aliphatic rings. The molecular formula is C10H9F4NO2. The largest absolute Gasteiger partial charge is 0.497 e. The predicted molar refractivity (Wildman–Crippen MR) is 52.6 cm³/mol. The average molecular weight is 251 g/mol. The van der Waals surface area contributed by atoms with Gasteiger partial charge >= 0.3 is 18.3 Å². The van der Waals surface area contributed by atoms with Crippen molar-refractivity contribution in [1.29, 1.82) is 0 Å². The summed E-state index contributed by atoms with van der Waals surface area (Å²) >= 11 is 0. The highest BCUT2D eigenvalue weighted by Crippen LogP contribution is 2.25. The molecule has 0 atom stereocenters. The summed E-state index contributed by atoms with van der Waals surface area (Å²) in [5.41, 5.74) is -0.0175. The van der Waals surface area contributed by atoms with Crippen LogP contribution in [0.15, 0.2) is 24.3 Å². The second-order valence-electron chi connectivity index (χ2n) is 3.11. The molecule has 3 nitrogen and oxygen atoms in total. The van der Waals surface area contributed by atoms with E-state index < -0.39 is 18.3 Å². The molecule has 1 aromatic carbocycles. The number of benzene rings is 1. The summed E-state index contributed by atoms with van der Waals surface area (Å²) in [6, 6.07) is 5.32. The van der Waals surface area contributed by atoms with Crippen LogP contribution < -0.4 is 10.1 Å². The highest BCUT2D eigenvalue weighted by molar-refractivity contribution is 5.96. The highest BCUT2D eigenvalue weighted by atomic mass is 19.3. The second kappa shape index (κ2) is 5.03. The molecule has 0 spiro atoms. The van der Waals surface area contributed by atoms with Crippen LogP contribution in [0.1, 0.15) is 0 Å². The van der Waals surface area contributed by atoms with Gasteiger partial charge in [0, 0.05) is 5.69 Å². The van der Waals surface area contributed by atoms with Gasteiger partial charge in [-0.1, -0.05) is 0 Å². The Morgan fingerprint density at radius 3 is 2.24 bits per heavy atom. The molecule has 0 aromatic heterocycles. The first-order valence-electron chi connectivity index (χ1n) is 4.49. The number of ether oxygens (including phenoxy) is 1. The van der Waals surface area contributed by atoms with Gasteiger partial charge in [0.15, 0.2) is 0 Å². The summed E-state index contributed by atoms with van der Waals surface area (Å²) in [6.45, 7) is 0. The van der Waals surface area contributed by atoms with Gasteiger partial charge in [-0.25, -0.2) is 8.78 Å². The molecule has 0 aliphatic heterocycles. The molecule has 1 aromatic rings. The van der Waals surface area contributed by atoms with E-state index in [2.05, 4.69) is 0 Å². The number of halogens is 4. The van der Waals surface area contributed by atoms with Crippen LogP contribution in [0.2, 0.25) is 0 Å². The second-order valence-corrected chi connectivity index (χ2v) is 3.11. The lowest BCUT2D eigenvalue weighted by atomic mass is 10.2. The van der Waals surface area contributed by atoms with Crippen LogP contribution in [0.5, 0.6) is 5.75 Å². The highest BCUT2D eigenvalue weighted by Gasteiger charge is 2.48. The third kappa shape index (κ3) is 3.08. The van der Waals surface area contributed by atoms with E-state index in [0.717, 1.165) is 0 Å². The molecule has 94 valence electrons.